The average molecular weight is 432 g/mol. The molecule has 0 atom stereocenters. The first-order valence-electron chi connectivity index (χ1n) is 10.4. The van der Waals surface area contributed by atoms with E-state index in [-0.39, 0.29) is 5.56 Å². The van der Waals surface area contributed by atoms with Crippen LogP contribution in [0.1, 0.15) is 36.5 Å². The quantitative estimate of drug-likeness (QED) is 0.228. The van der Waals surface area contributed by atoms with Crippen molar-refractivity contribution in [2.75, 3.05) is 0 Å². The van der Waals surface area contributed by atoms with Gasteiger partial charge in [-0.3, -0.25) is 0 Å². The zero-order valence-electron chi connectivity index (χ0n) is 17.5. The summed E-state index contributed by atoms with van der Waals surface area (Å²) in [6.07, 6.45) is 3.18. The molecule has 0 fully saturated rings. The van der Waals surface area contributed by atoms with Gasteiger partial charge in [0.25, 0.3) is 0 Å². The van der Waals surface area contributed by atoms with Gasteiger partial charge in [0.1, 0.15) is 11.6 Å². The number of fused-ring (bicyclic) bond motifs is 1. The second kappa shape index (κ2) is 9.28. The lowest BCUT2D eigenvalue weighted by molar-refractivity contribution is 0.511. The van der Waals surface area contributed by atoms with Crippen LogP contribution >= 0.6 is 0 Å². The zero-order valence-corrected chi connectivity index (χ0v) is 17.5. The van der Waals surface area contributed by atoms with Crippen LogP contribution in [0.3, 0.4) is 0 Å². The summed E-state index contributed by atoms with van der Waals surface area (Å²) in [5, 5.41) is 0.964. The number of hydrogen-bond acceptors (Lipinski definition) is 0. The fourth-order valence-corrected chi connectivity index (χ4v) is 3.56. The van der Waals surface area contributed by atoms with Gasteiger partial charge in [0.05, 0.1) is 5.56 Å². The van der Waals surface area contributed by atoms with E-state index in [4.69, 9.17) is 0 Å². The van der Waals surface area contributed by atoms with Crippen molar-refractivity contribution in [2.24, 2.45) is 0 Å². The van der Waals surface area contributed by atoms with Gasteiger partial charge in [-0.25, -0.2) is 17.6 Å². The van der Waals surface area contributed by atoms with Crippen LogP contribution in [0.2, 0.25) is 0 Å². The summed E-state index contributed by atoms with van der Waals surface area (Å²) in [4.78, 5) is 0. The summed E-state index contributed by atoms with van der Waals surface area (Å²) >= 11 is 0. The molecule has 0 spiro atoms. The SMILES string of the molecule is CCCCc1ccc(-c2cc(F)c(C#Cc3ccc4cc(F)c(F)cc4c3)c(F)c2)cc1. The van der Waals surface area contributed by atoms with Gasteiger partial charge in [0.2, 0.25) is 0 Å². The molecule has 0 aliphatic rings. The summed E-state index contributed by atoms with van der Waals surface area (Å²) in [7, 11) is 0. The van der Waals surface area contributed by atoms with Crippen molar-refractivity contribution in [1.29, 1.82) is 0 Å². The first-order chi connectivity index (χ1) is 15.4. The van der Waals surface area contributed by atoms with Gasteiger partial charge in [-0.1, -0.05) is 55.5 Å². The molecule has 0 aromatic heterocycles. The van der Waals surface area contributed by atoms with E-state index in [1.807, 2.05) is 24.3 Å². The molecule has 0 aliphatic heterocycles. The summed E-state index contributed by atoms with van der Waals surface area (Å²) < 4.78 is 56.2. The number of hydrogen-bond donors (Lipinski definition) is 0. The summed E-state index contributed by atoms with van der Waals surface area (Å²) in [5.41, 5.74) is 2.46. The minimum Gasteiger partial charge on any atom is -0.205 e. The average Bonchev–Trinajstić information content (AvgIpc) is 2.78. The molecule has 32 heavy (non-hydrogen) atoms. The summed E-state index contributed by atoms with van der Waals surface area (Å²) in [6.45, 7) is 2.13. The predicted octanol–water partition coefficient (Wildman–Crippen LogP) is 7.81. The third kappa shape index (κ3) is 4.68. The minimum absolute atomic E-state index is 0.335. The Morgan fingerprint density at radius 2 is 1.28 bits per heavy atom. The second-order valence-electron chi connectivity index (χ2n) is 7.69. The van der Waals surface area contributed by atoms with Crippen LogP contribution in [0.15, 0.2) is 66.7 Å². The van der Waals surface area contributed by atoms with Crippen LogP contribution in [0, 0.1) is 35.1 Å². The standard InChI is InChI=1S/C28H20F4/c1-2-3-4-18-5-9-20(10-6-18)23-15-25(29)24(26(30)16-23)12-8-19-7-11-21-14-27(31)28(32)17-22(21)13-19/h5-7,9-11,13-17H,2-4H2,1H3. The highest BCUT2D eigenvalue weighted by atomic mass is 19.2. The van der Waals surface area contributed by atoms with Gasteiger partial charge in [0, 0.05) is 5.56 Å². The number of rotatable bonds is 4. The van der Waals surface area contributed by atoms with E-state index in [1.165, 1.54) is 17.7 Å². The molecule has 160 valence electrons. The Labute approximate surface area is 184 Å². The van der Waals surface area contributed by atoms with Crippen LogP contribution in [0.25, 0.3) is 21.9 Å². The lowest BCUT2D eigenvalue weighted by atomic mass is 10.00. The normalized spacial score (nSPS) is 10.8. The van der Waals surface area contributed by atoms with Gasteiger partial charge in [-0.2, -0.15) is 0 Å². The van der Waals surface area contributed by atoms with Gasteiger partial charge in [-0.05, 0) is 76.7 Å². The van der Waals surface area contributed by atoms with Gasteiger partial charge < -0.3 is 0 Å². The van der Waals surface area contributed by atoms with Gasteiger partial charge in [0.15, 0.2) is 11.6 Å². The van der Waals surface area contributed by atoms with Crippen LogP contribution in [-0.2, 0) is 6.42 Å². The first-order valence-corrected chi connectivity index (χ1v) is 10.4. The van der Waals surface area contributed by atoms with Crippen LogP contribution in [-0.4, -0.2) is 0 Å². The van der Waals surface area contributed by atoms with Crippen LogP contribution in [0.5, 0.6) is 0 Å². The molecule has 0 aliphatic carbocycles. The Hall–Kier alpha value is -3.58. The van der Waals surface area contributed by atoms with E-state index in [0.717, 1.165) is 37.0 Å². The highest BCUT2D eigenvalue weighted by Gasteiger charge is 2.11. The van der Waals surface area contributed by atoms with Crippen molar-refractivity contribution in [1.82, 2.24) is 0 Å². The Morgan fingerprint density at radius 1 is 0.625 bits per heavy atom. The topological polar surface area (TPSA) is 0 Å². The Bertz CT molecular complexity index is 1320. The van der Waals surface area contributed by atoms with Crippen molar-refractivity contribution in [3.63, 3.8) is 0 Å². The highest BCUT2D eigenvalue weighted by molar-refractivity contribution is 5.84. The maximum Gasteiger partial charge on any atom is 0.159 e. The van der Waals surface area contributed by atoms with Crippen molar-refractivity contribution in [3.05, 3.63) is 107 Å². The molecule has 0 nitrogen and oxygen atoms in total. The molecule has 0 heterocycles. The zero-order chi connectivity index (χ0) is 22.7. The smallest absolute Gasteiger partial charge is 0.159 e. The molecule has 0 saturated carbocycles. The maximum atomic E-state index is 14.7. The summed E-state index contributed by atoms with van der Waals surface area (Å²) in [5.74, 6) is 1.84. The monoisotopic (exact) mass is 432 g/mol. The van der Waals surface area contributed by atoms with Crippen molar-refractivity contribution in [2.45, 2.75) is 26.2 Å². The van der Waals surface area contributed by atoms with E-state index in [0.29, 0.717) is 21.9 Å². The third-order valence-electron chi connectivity index (χ3n) is 5.36. The molecule has 0 N–H and O–H groups in total. The molecule has 4 heteroatoms. The van der Waals surface area contributed by atoms with Crippen LogP contribution < -0.4 is 0 Å². The fraction of sp³-hybridized carbons (Fsp3) is 0.143. The lowest BCUT2D eigenvalue weighted by Crippen LogP contribution is -1.93. The molecule has 4 aromatic rings. The Balaban J connectivity index is 1.61. The van der Waals surface area contributed by atoms with E-state index >= 15 is 0 Å². The summed E-state index contributed by atoms with van der Waals surface area (Å²) in [6, 6.07) is 17.1. The molecule has 4 aromatic carbocycles. The fourth-order valence-electron chi connectivity index (χ4n) is 3.56. The third-order valence-corrected chi connectivity index (χ3v) is 5.36. The van der Waals surface area contributed by atoms with E-state index < -0.39 is 23.3 Å². The number of benzene rings is 4. The second-order valence-corrected chi connectivity index (χ2v) is 7.69. The van der Waals surface area contributed by atoms with Gasteiger partial charge in [-0.15, -0.1) is 0 Å². The maximum absolute atomic E-state index is 14.7. The largest absolute Gasteiger partial charge is 0.205 e. The molecule has 0 amide bonds. The molecule has 0 unspecified atom stereocenters. The van der Waals surface area contributed by atoms with E-state index in [9.17, 15) is 17.6 Å². The Kier molecular flexibility index (Phi) is 6.28. The molecule has 4 rings (SSSR count). The molecule has 0 saturated heterocycles. The van der Waals surface area contributed by atoms with Crippen LogP contribution in [0.4, 0.5) is 17.6 Å². The Morgan fingerprint density at radius 3 is 1.94 bits per heavy atom. The number of halogens is 4. The molecule has 0 bridgehead atoms. The van der Waals surface area contributed by atoms with E-state index in [2.05, 4.69) is 18.8 Å². The van der Waals surface area contributed by atoms with Gasteiger partial charge >= 0.3 is 0 Å². The molecule has 0 radical (unpaired) electrons. The first kappa shape index (κ1) is 21.6. The predicted molar refractivity (Wildman–Crippen MR) is 120 cm³/mol. The van der Waals surface area contributed by atoms with Crippen molar-refractivity contribution in [3.8, 4) is 23.0 Å². The lowest BCUT2D eigenvalue weighted by Gasteiger charge is -2.06. The minimum atomic E-state index is -0.964. The molecular formula is C28H20F4. The van der Waals surface area contributed by atoms with Crippen molar-refractivity contribution < 1.29 is 17.6 Å². The number of unbranched alkanes of at least 4 members (excludes halogenated alkanes) is 1. The number of aryl methyl sites for hydroxylation is 1. The van der Waals surface area contributed by atoms with Crippen molar-refractivity contribution >= 4 is 10.8 Å². The molecular weight excluding hydrogens is 412 g/mol. The van der Waals surface area contributed by atoms with E-state index in [1.54, 1.807) is 18.2 Å². The highest BCUT2D eigenvalue weighted by Crippen LogP contribution is 2.25.